The summed E-state index contributed by atoms with van der Waals surface area (Å²) in [7, 11) is 1.56. The van der Waals surface area contributed by atoms with Crippen molar-refractivity contribution < 1.29 is 9.84 Å². The molecule has 3 nitrogen and oxygen atoms in total. The van der Waals surface area contributed by atoms with E-state index in [4.69, 9.17) is 4.74 Å². The van der Waals surface area contributed by atoms with Crippen LogP contribution in [0.3, 0.4) is 0 Å². The number of nitrogens with one attached hydrogen (secondary N) is 1. The number of methoxy groups -OCH3 is 1. The molecule has 0 radical (unpaired) electrons. The number of hydrogen-bond acceptors (Lipinski definition) is 4. The lowest BCUT2D eigenvalue weighted by atomic mass is 10.1. The summed E-state index contributed by atoms with van der Waals surface area (Å²) in [5.41, 5.74) is 1.10. The quantitative estimate of drug-likeness (QED) is 0.864. The molecule has 1 aliphatic rings. The highest BCUT2D eigenvalue weighted by Crippen LogP contribution is 2.26. The number of phenols is 1. The molecule has 0 aliphatic carbocycles. The third-order valence-corrected chi connectivity index (χ3v) is 4.21. The van der Waals surface area contributed by atoms with Gasteiger partial charge in [0.05, 0.1) is 7.11 Å². The van der Waals surface area contributed by atoms with E-state index in [2.05, 4.69) is 5.32 Å². The Labute approximate surface area is 107 Å². The third-order valence-electron chi connectivity index (χ3n) is 3.00. The van der Waals surface area contributed by atoms with E-state index < -0.39 is 0 Å². The molecule has 1 heterocycles. The maximum Gasteiger partial charge on any atom is 0.160 e. The summed E-state index contributed by atoms with van der Waals surface area (Å²) in [5, 5.41) is 13.2. The van der Waals surface area contributed by atoms with Gasteiger partial charge in [-0.1, -0.05) is 6.07 Å². The van der Waals surface area contributed by atoms with Crippen molar-refractivity contribution >= 4 is 11.8 Å². The second-order valence-corrected chi connectivity index (χ2v) is 5.45. The van der Waals surface area contributed by atoms with E-state index in [9.17, 15) is 5.11 Å². The molecule has 1 aliphatic heterocycles. The minimum Gasteiger partial charge on any atom is -0.504 e. The summed E-state index contributed by atoms with van der Waals surface area (Å²) >= 11 is 2.02. The van der Waals surface area contributed by atoms with Gasteiger partial charge in [0, 0.05) is 18.3 Å². The van der Waals surface area contributed by atoms with Crippen LogP contribution in [0.25, 0.3) is 0 Å². The Morgan fingerprint density at radius 3 is 3.06 bits per heavy atom. The number of hydrogen-bond donors (Lipinski definition) is 2. The highest BCUT2D eigenvalue weighted by molar-refractivity contribution is 7.99. The SMILES string of the molecule is COc1ccc(CNC2CCCSC2)cc1O. The molecule has 17 heavy (non-hydrogen) atoms. The molecule has 4 heteroatoms. The Bertz CT molecular complexity index is 364. The summed E-state index contributed by atoms with van der Waals surface area (Å²) in [5.74, 6) is 3.23. The van der Waals surface area contributed by atoms with E-state index >= 15 is 0 Å². The highest BCUT2D eigenvalue weighted by Gasteiger charge is 2.13. The van der Waals surface area contributed by atoms with Crippen molar-refractivity contribution in [2.75, 3.05) is 18.6 Å². The van der Waals surface area contributed by atoms with Crippen LogP contribution in [0.15, 0.2) is 18.2 Å². The lowest BCUT2D eigenvalue weighted by Gasteiger charge is -2.22. The molecule has 1 aromatic rings. The molecule has 1 atom stereocenters. The van der Waals surface area contributed by atoms with Crippen LogP contribution < -0.4 is 10.1 Å². The molecule has 1 saturated heterocycles. The van der Waals surface area contributed by atoms with Crippen molar-refractivity contribution in [2.24, 2.45) is 0 Å². The fourth-order valence-corrected chi connectivity index (χ4v) is 3.12. The molecule has 2 N–H and O–H groups in total. The Morgan fingerprint density at radius 1 is 1.53 bits per heavy atom. The molecular weight excluding hydrogens is 234 g/mol. The van der Waals surface area contributed by atoms with Crippen LogP contribution in [0.2, 0.25) is 0 Å². The summed E-state index contributed by atoms with van der Waals surface area (Å²) in [6.07, 6.45) is 2.56. The standard InChI is InChI=1S/C13H19NO2S/c1-16-13-5-4-10(7-12(13)15)8-14-11-3-2-6-17-9-11/h4-5,7,11,14-15H,2-3,6,8-9H2,1H3. The maximum absolute atomic E-state index is 9.67. The van der Waals surface area contributed by atoms with Gasteiger partial charge in [0.25, 0.3) is 0 Å². The van der Waals surface area contributed by atoms with Crippen LogP contribution in [0.5, 0.6) is 11.5 Å². The van der Waals surface area contributed by atoms with Crippen molar-refractivity contribution in [3.8, 4) is 11.5 Å². The molecule has 1 fully saturated rings. The van der Waals surface area contributed by atoms with Crippen molar-refractivity contribution in [3.63, 3.8) is 0 Å². The highest BCUT2D eigenvalue weighted by atomic mass is 32.2. The van der Waals surface area contributed by atoms with Crippen LogP contribution in [-0.2, 0) is 6.54 Å². The lowest BCUT2D eigenvalue weighted by molar-refractivity contribution is 0.372. The Hall–Kier alpha value is -0.870. The Kier molecular flexibility index (Phi) is 4.57. The zero-order valence-electron chi connectivity index (χ0n) is 10.1. The largest absolute Gasteiger partial charge is 0.504 e. The zero-order chi connectivity index (χ0) is 12.1. The molecule has 0 saturated carbocycles. The summed E-state index contributed by atoms with van der Waals surface area (Å²) in [4.78, 5) is 0. The number of phenolic OH excluding ortho intramolecular Hbond substituents is 1. The fourth-order valence-electron chi connectivity index (χ4n) is 2.01. The molecule has 2 rings (SSSR count). The van der Waals surface area contributed by atoms with Crippen LogP contribution in [0.4, 0.5) is 0 Å². The van der Waals surface area contributed by atoms with Gasteiger partial charge in [0.15, 0.2) is 11.5 Å². The summed E-state index contributed by atoms with van der Waals surface area (Å²) in [6, 6.07) is 6.17. The van der Waals surface area contributed by atoms with E-state index in [0.717, 1.165) is 12.1 Å². The van der Waals surface area contributed by atoms with Crippen molar-refractivity contribution in [2.45, 2.75) is 25.4 Å². The van der Waals surface area contributed by atoms with Crippen LogP contribution in [0, 0.1) is 0 Å². The molecule has 0 aromatic heterocycles. The van der Waals surface area contributed by atoms with Gasteiger partial charge < -0.3 is 15.2 Å². The van der Waals surface area contributed by atoms with Crippen molar-refractivity contribution in [3.05, 3.63) is 23.8 Å². The summed E-state index contributed by atoms with van der Waals surface area (Å²) < 4.78 is 5.02. The monoisotopic (exact) mass is 253 g/mol. The molecule has 0 bridgehead atoms. The normalized spacial score (nSPS) is 20.2. The first-order valence-electron chi connectivity index (χ1n) is 5.96. The predicted molar refractivity (Wildman–Crippen MR) is 71.8 cm³/mol. The van der Waals surface area contributed by atoms with Crippen molar-refractivity contribution in [1.82, 2.24) is 5.32 Å². The second kappa shape index (κ2) is 6.17. The van der Waals surface area contributed by atoms with Gasteiger partial charge in [-0.2, -0.15) is 11.8 Å². The van der Waals surface area contributed by atoms with Crippen molar-refractivity contribution in [1.29, 1.82) is 0 Å². The first-order valence-corrected chi connectivity index (χ1v) is 7.12. The van der Waals surface area contributed by atoms with Gasteiger partial charge in [-0.25, -0.2) is 0 Å². The topological polar surface area (TPSA) is 41.5 Å². The Morgan fingerprint density at radius 2 is 2.41 bits per heavy atom. The molecule has 1 aromatic carbocycles. The van der Waals surface area contributed by atoms with E-state index in [1.165, 1.54) is 24.3 Å². The van der Waals surface area contributed by atoms with Gasteiger partial charge in [-0.3, -0.25) is 0 Å². The van der Waals surface area contributed by atoms with Crippen LogP contribution in [-0.4, -0.2) is 29.8 Å². The average Bonchev–Trinajstić information content (AvgIpc) is 2.38. The van der Waals surface area contributed by atoms with Crippen LogP contribution >= 0.6 is 11.8 Å². The number of benzene rings is 1. The smallest absolute Gasteiger partial charge is 0.160 e. The average molecular weight is 253 g/mol. The number of ether oxygens (including phenoxy) is 1. The van der Waals surface area contributed by atoms with E-state index in [0.29, 0.717) is 11.8 Å². The first kappa shape index (κ1) is 12.6. The Balaban J connectivity index is 1.87. The third kappa shape index (κ3) is 3.54. The van der Waals surface area contributed by atoms with Crippen LogP contribution in [0.1, 0.15) is 18.4 Å². The van der Waals surface area contributed by atoms with Gasteiger partial charge in [0.2, 0.25) is 0 Å². The second-order valence-electron chi connectivity index (χ2n) is 4.30. The van der Waals surface area contributed by atoms with E-state index in [1.807, 2.05) is 23.9 Å². The fraction of sp³-hybridized carbons (Fsp3) is 0.538. The summed E-state index contributed by atoms with van der Waals surface area (Å²) in [6.45, 7) is 0.808. The molecule has 94 valence electrons. The molecule has 1 unspecified atom stereocenters. The molecule has 0 spiro atoms. The van der Waals surface area contributed by atoms with E-state index in [-0.39, 0.29) is 5.75 Å². The predicted octanol–water partition coefficient (Wildman–Crippen LogP) is 2.39. The van der Waals surface area contributed by atoms with Gasteiger partial charge >= 0.3 is 0 Å². The number of rotatable bonds is 4. The molecular formula is C13H19NO2S. The number of aromatic hydroxyl groups is 1. The molecule has 0 amide bonds. The maximum atomic E-state index is 9.67. The lowest BCUT2D eigenvalue weighted by Crippen LogP contribution is -2.33. The zero-order valence-corrected chi connectivity index (χ0v) is 10.9. The minimum absolute atomic E-state index is 0.213. The van der Waals surface area contributed by atoms with E-state index in [1.54, 1.807) is 13.2 Å². The number of thioether (sulfide) groups is 1. The van der Waals surface area contributed by atoms with Gasteiger partial charge in [-0.15, -0.1) is 0 Å². The first-order chi connectivity index (χ1) is 8.29. The van der Waals surface area contributed by atoms with Gasteiger partial charge in [-0.05, 0) is 36.3 Å². The van der Waals surface area contributed by atoms with Gasteiger partial charge in [0.1, 0.15) is 0 Å². The minimum atomic E-state index is 0.213.